The van der Waals surface area contributed by atoms with Crippen molar-refractivity contribution in [1.82, 2.24) is 4.90 Å². The van der Waals surface area contributed by atoms with Gasteiger partial charge in [0.2, 0.25) is 0 Å². The Bertz CT molecular complexity index is 448. The average molecular weight is 250 g/mol. The molecular formula is C13H18N2O3. The molecule has 0 bridgehead atoms. The third-order valence-electron chi connectivity index (χ3n) is 3.15. The number of amides is 1. The third kappa shape index (κ3) is 2.41. The van der Waals surface area contributed by atoms with E-state index in [-0.39, 0.29) is 11.9 Å². The molecule has 0 unspecified atom stereocenters. The van der Waals surface area contributed by atoms with Crippen LogP contribution in [0.1, 0.15) is 16.8 Å². The van der Waals surface area contributed by atoms with E-state index in [9.17, 15) is 4.79 Å². The molecule has 0 radical (unpaired) electrons. The van der Waals surface area contributed by atoms with Gasteiger partial charge in [-0.1, -0.05) is 0 Å². The molecule has 0 spiro atoms. The number of benzene rings is 1. The molecule has 0 saturated carbocycles. The van der Waals surface area contributed by atoms with Gasteiger partial charge in [-0.15, -0.1) is 0 Å². The number of rotatable bonds is 3. The summed E-state index contributed by atoms with van der Waals surface area (Å²) in [5.41, 5.74) is 6.36. The molecule has 98 valence electrons. The lowest BCUT2D eigenvalue weighted by molar-refractivity contribution is 0.0787. The van der Waals surface area contributed by atoms with Crippen molar-refractivity contribution >= 4 is 5.91 Å². The topological polar surface area (TPSA) is 64.8 Å². The van der Waals surface area contributed by atoms with Crippen molar-refractivity contribution in [2.75, 3.05) is 27.3 Å². The molecule has 1 aliphatic rings. The number of likely N-dealkylation sites (tertiary alicyclic amines) is 1. The molecule has 5 heteroatoms. The molecule has 1 heterocycles. The summed E-state index contributed by atoms with van der Waals surface area (Å²) in [5, 5.41) is 0. The number of hydrogen-bond acceptors (Lipinski definition) is 4. The van der Waals surface area contributed by atoms with Gasteiger partial charge in [0.05, 0.1) is 19.8 Å². The van der Waals surface area contributed by atoms with Crippen molar-refractivity contribution in [3.63, 3.8) is 0 Å². The minimum Gasteiger partial charge on any atom is -0.497 e. The first-order chi connectivity index (χ1) is 8.65. The molecule has 0 aliphatic carbocycles. The molecular weight excluding hydrogens is 232 g/mol. The van der Waals surface area contributed by atoms with Crippen molar-refractivity contribution in [1.29, 1.82) is 0 Å². The molecule has 0 aromatic heterocycles. The molecule has 1 aromatic rings. The van der Waals surface area contributed by atoms with Gasteiger partial charge < -0.3 is 20.1 Å². The zero-order valence-corrected chi connectivity index (χ0v) is 10.7. The number of hydrogen-bond donors (Lipinski definition) is 1. The van der Waals surface area contributed by atoms with Crippen molar-refractivity contribution in [3.05, 3.63) is 23.8 Å². The number of carbonyl (C=O) groups is 1. The molecule has 1 aromatic carbocycles. The quantitative estimate of drug-likeness (QED) is 0.864. The van der Waals surface area contributed by atoms with Gasteiger partial charge in [-0.05, 0) is 18.6 Å². The molecule has 5 nitrogen and oxygen atoms in total. The summed E-state index contributed by atoms with van der Waals surface area (Å²) in [5.74, 6) is 1.16. The highest BCUT2D eigenvalue weighted by atomic mass is 16.5. The lowest BCUT2D eigenvalue weighted by Gasteiger charge is -2.18. The standard InChI is InChI=1S/C13H18N2O3/c1-17-10-3-4-11(12(7-10)18-2)13(16)15-6-5-9(14)8-15/h3-4,7,9H,5-6,8,14H2,1-2H3/t9-/m0/s1. The van der Waals surface area contributed by atoms with E-state index >= 15 is 0 Å². The highest BCUT2D eigenvalue weighted by molar-refractivity contribution is 5.97. The molecule has 1 fully saturated rings. The van der Waals surface area contributed by atoms with Crippen molar-refractivity contribution in [2.24, 2.45) is 5.73 Å². The summed E-state index contributed by atoms with van der Waals surface area (Å²) >= 11 is 0. The normalized spacial score (nSPS) is 18.8. The van der Waals surface area contributed by atoms with E-state index in [0.717, 1.165) is 6.42 Å². The van der Waals surface area contributed by atoms with Crippen LogP contribution >= 0.6 is 0 Å². The minimum atomic E-state index is -0.0394. The molecule has 2 rings (SSSR count). The second-order valence-corrected chi connectivity index (χ2v) is 4.37. The van der Waals surface area contributed by atoms with Crippen LogP contribution in [0, 0.1) is 0 Å². The summed E-state index contributed by atoms with van der Waals surface area (Å²) in [7, 11) is 3.12. The van der Waals surface area contributed by atoms with Crippen LogP contribution in [0.3, 0.4) is 0 Å². The van der Waals surface area contributed by atoms with Gasteiger partial charge >= 0.3 is 0 Å². The van der Waals surface area contributed by atoms with Crippen LogP contribution in [-0.2, 0) is 0 Å². The molecule has 1 amide bonds. The van der Waals surface area contributed by atoms with E-state index in [2.05, 4.69) is 0 Å². The number of nitrogens with two attached hydrogens (primary N) is 1. The Morgan fingerprint density at radius 1 is 1.39 bits per heavy atom. The minimum absolute atomic E-state index is 0.0394. The lowest BCUT2D eigenvalue weighted by atomic mass is 10.1. The maximum Gasteiger partial charge on any atom is 0.257 e. The smallest absolute Gasteiger partial charge is 0.257 e. The summed E-state index contributed by atoms with van der Waals surface area (Å²) in [6.45, 7) is 1.31. The van der Waals surface area contributed by atoms with Crippen LogP contribution in [0.25, 0.3) is 0 Å². The van der Waals surface area contributed by atoms with Gasteiger partial charge in [0.1, 0.15) is 11.5 Å². The second-order valence-electron chi connectivity index (χ2n) is 4.37. The highest BCUT2D eigenvalue weighted by Crippen LogP contribution is 2.26. The zero-order valence-electron chi connectivity index (χ0n) is 10.7. The van der Waals surface area contributed by atoms with Crippen LogP contribution in [0.15, 0.2) is 18.2 Å². The zero-order chi connectivity index (χ0) is 13.1. The summed E-state index contributed by atoms with van der Waals surface area (Å²) in [6, 6.07) is 5.27. The Hall–Kier alpha value is -1.75. The Morgan fingerprint density at radius 2 is 2.17 bits per heavy atom. The van der Waals surface area contributed by atoms with Crippen LogP contribution in [0.2, 0.25) is 0 Å². The fourth-order valence-corrected chi connectivity index (χ4v) is 2.12. The Balaban J connectivity index is 2.24. The van der Waals surface area contributed by atoms with Gasteiger partial charge in [0, 0.05) is 25.2 Å². The van der Waals surface area contributed by atoms with E-state index in [0.29, 0.717) is 30.2 Å². The molecule has 1 saturated heterocycles. The fourth-order valence-electron chi connectivity index (χ4n) is 2.12. The predicted octanol–water partition coefficient (Wildman–Crippen LogP) is 0.877. The van der Waals surface area contributed by atoms with Crippen LogP contribution in [0.5, 0.6) is 11.5 Å². The van der Waals surface area contributed by atoms with Gasteiger partial charge in [0.25, 0.3) is 5.91 Å². The van der Waals surface area contributed by atoms with E-state index in [4.69, 9.17) is 15.2 Å². The van der Waals surface area contributed by atoms with Crippen LogP contribution in [0.4, 0.5) is 0 Å². The lowest BCUT2D eigenvalue weighted by Crippen LogP contribution is -2.32. The highest BCUT2D eigenvalue weighted by Gasteiger charge is 2.26. The van der Waals surface area contributed by atoms with Crippen LogP contribution in [-0.4, -0.2) is 44.2 Å². The first-order valence-corrected chi connectivity index (χ1v) is 5.92. The van der Waals surface area contributed by atoms with E-state index in [1.807, 2.05) is 0 Å². The van der Waals surface area contributed by atoms with Gasteiger partial charge in [0.15, 0.2) is 0 Å². The van der Waals surface area contributed by atoms with E-state index in [1.54, 1.807) is 37.3 Å². The fraction of sp³-hybridized carbons (Fsp3) is 0.462. The maximum atomic E-state index is 12.3. The Kier molecular flexibility index (Phi) is 3.72. The maximum absolute atomic E-state index is 12.3. The first kappa shape index (κ1) is 12.7. The third-order valence-corrected chi connectivity index (χ3v) is 3.15. The summed E-state index contributed by atoms with van der Waals surface area (Å²) in [4.78, 5) is 14.1. The van der Waals surface area contributed by atoms with Gasteiger partial charge in [-0.2, -0.15) is 0 Å². The van der Waals surface area contributed by atoms with Gasteiger partial charge in [-0.25, -0.2) is 0 Å². The van der Waals surface area contributed by atoms with Crippen molar-refractivity contribution < 1.29 is 14.3 Å². The summed E-state index contributed by atoms with van der Waals surface area (Å²) in [6.07, 6.45) is 0.851. The van der Waals surface area contributed by atoms with Crippen molar-refractivity contribution in [3.8, 4) is 11.5 Å². The molecule has 1 atom stereocenters. The molecule has 2 N–H and O–H groups in total. The second kappa shape index (κ2) is 5.27. The first-order valence-electron chi connectivity index (χ1n) is 5.92. The van der Waals surface area contributed by atoms with E-state index < -0.39 is 0 Å². The Morgan fingerprint density at radius 3 is 2.72 bits per heavy atom. The molecule has 1 aliphatic heterocycles. The SMILES string of the molecule is COc1ccc(C(=O)N2CC[C@H](N)C2)c(OC)c1. The monoisotopic (exact) mass is 250 g/mol. The van der Waals surface area contributed by atoms with Crippen LogP contribution < -0.4 is 15.2 Å². The van der Waals surface area contributed by atoms with Gasteiger partial charge in [-0.3, -0.25) is 4.79 Å². The van der Waals surface area contributed by atoms with Crippen molar-refractivity contribution in [2.45, 2.75) is 12.5 Å². The number of carbonyl (C=O) groups excluding carboxylic acids is 1. The largest absolute Gasteiger partial charge is 0.497 e. The number of ether oxygens (including phenoxy) is 2. The van der Waals surface area contributed by atoms with E-state index in [1.165, 1.54) is 0 Å². The molecule has 18 heavy (non-hydrogen) atoms. The summed E-state index contributed by atoms with van der Waals surface area (Å²) < 4.78 is 10.3. The average Bonchev–Trinajstić information content (AvgIpc) is 2.83. The number of nitrogens with zero attached hydrogens (tertiary/aromatic N) is 1. The Labute approximate surface area is 106 Å². The number of methoxy groups -OCH3 is 2. The predicted molar refractivity (Wildman–Crippen MR) is 68.0 cm³/mol.